The molecule has 5 heteroatoms. The van der Waals surface area contributed by atoms with E-state index in [0.29, 0.717) is 5.92 Å². The largest absolute Gasteiger partial charge is 0.383 e. The van der Waals surface area contributed by atoms with Gasteiger partial charge in [-0.05, 0) is 24.1 Å². The molecule has 0 amide bonds. The number of methoxy groups -OCH3 is 1. The maximum atomic E-state index is 6.10. The van der Waals surface area contributed by atoms with Crippen LogP contribution >= 0.6 is 22.9 Å². The number of halogens is 1. The van der Waals surface area contributed by atoms with Gasteiger partial charge >= 0.3 is 0 Å². The highest BCUT2D eigenvalue weighted by molar-refractivity contribution is 7.07. The summed E-state index contributed by atoms with van der Waals surface area (Å²) in [6.45, 7) is 2.46. The predicted molar refractivity (Wildman–Crippen MR) is 84.8 cm³/mol. The van der Waals surface area contributed by atoms with Crippen LogP contribution in [0.4, 0.5) is 0 Å². The van der Waals surface area contributed by atoms with Crippen LogP contribution in [0.3, 0.4) is 0 Å². The Bertz CT molecular complexity index is 504. The SMILES string of the molecule is COCCNCC(Cc1cscn1)c1cccc(Cl)c1. The van der Waals surface area contributed by atoms with Crippen LogP contribution < -0.4 is 5.32 Å². The quantitative estimate of drug-likeness (QED) is 0.759. The normalized spacial score (nSPS) is 12.5. The number of aromatic nitrogens is 1. The summed E-state index contributed by atoms with van der Waals surface area (Å²) in [5.74, 6) is 0.368. The molecule has 0 fully saturated rings. The minimum atomic E-state index is 0.368. The fraction of sp³-hybridized carbons (Fsp3) is 0.400. The maximum absolute atomic E-state index is 6.10. The van der Waals surface area contributed by atoms with Crippen LogP contribution in [0.2, 0.25) is 5.02 Å². The molecule has 2 aromatic rings. The van der Waals surface area contributed by atoms with E-state index in [2.05, 4.69) is 21.7 Å². The molecule has 0 saturated heterocycles. The minimum absolute atomic E-state index is 0.368. The van der Waals surface area contributed by atoms with Crippen LogP contribution in [0.1, 0.15) is 17.2 Å². The zero-order valence-corrected chi connectivity index (χ0v) is 13.1. The maximum Gasteiger partial charge on any atom is 0.0794 e. The van der Waals surface area contributed by atoms with Crippen LogP contribution in [0.15, 0.2) is 35.2 Å². The number of nitrogens with one attached hydrogen (secondary N) is 1. The van der Waals surface area contributed by atoms with Gasteiger partial charge in [0.05, 0.1) is 17.8 Å². The van der Waals surface area contributed by atoms with Crippen molar-refractivity contribution in [2.45, 2.75) is 12.3 Å². The molecule has 0 saturated carbocycles. The van der Waals surface area contributed by atoms with Crippen LogP contribution in [-0.2, 0) is 11.2 Å². The van der Waals surface area contributed by atoms with E-state index in [0.717, 1.165) is 36.8 Å². The third-order valence-electron chi connectivity index (χ3n) is 3.13. The summed E-state index contributed by atoms with van der Waals surface area (Å²) < 4.78 is 5.06. The van der Waals surface area contributed by atoms with Gasteiger partial charge in [0.2, 0.25) is 0 Å². The first kappa shape index (κ1) is 15.4. The van der Waals surface area contributed by atoms with E-state index < -0.39 is 0 Å². The summed E-state index contributed by atoms with van der Waals surface area (Å²) in [7, 11) is 1.71. The zero-order valence-electron chi connectivity index (χ0n) is 11.5. The molecule has 1 aromatic heterocycles. The number of hydrogen-bond acceptors (Lipinski definition) is 4. The van der Waals surface area contributed by atoms with Gasteiger partial charge in [0.1, 0.15) is 0 Å². The molecule has 1 atom stereocenters. The summed E-state index contributed by atoms with van der Waals surface area (Å²) >= 11 is 7.73. The molecular formula is C15H19ClN2OS. The van der Waals surface area contributed by atoms with Gasteiger partial charge in [0, 0.05) is 36.5 Å². The fourth-order valence-corrected chi connectivity index (χ4v) is 2.88. The number of thiazole rings is 1. The third-order valence-corrected chi connectivity index (χ3v) is 4.00. The number of hydrogen-bond donors (Lipinski definition) is 1. The Morgan fingerprint density at radius 2 is 2.35 bits per heavy atom. The summed E-state index contributed by atoms with van der Waals surface area (Å²) in [4.78, 5) is 4.38. The van der Waals surface area contributed by atoms with Crippen LogP contribution in [-0.4, -0.2) is 31.8 Å². The Balaban J connectivity index is 2.03. The fourth-order valence-electron chi connectivity index (χ4n) is 2.11. The molecule has 1 heterocycles. The lowest BCUT2D eigenvalue weighted by Gasteiger charge is -2.17. The highest BCUT2D eigenvalue weighted by atomic mass is 35.5. The molecule has 0 aliphatic rings. The van der Waals surface area contributed by atoms with Crippen molar-refractivity contribution in [3.05, 3.63) is 51.4 Å². The lowest BCUT2D eigenvalue weighted by molar-refractivity contribution is 0.199. The Hall–Kier alpha value is -0.940. The topological polar surface area (TPSA) is 34.1 Å². The average molecular weight is 311 g/mol. The second kappa shape index (κ2) is 8.37. The van der Waals surface area contributed by atoms with E-state index in [9.17, 15) is 0 Å². The summed E-state index contributed by atoms with van der Waals surface area (Å²) in [5, 5.41) is 6.31. The number of benzene rings is 1. The standard InChI is InChI=1S/C15H19ClN2OS/c1-19-6-5-17-9-13(8-15-10-20-11-18-15)12-3-2-4-14(16)7-12/h2-4,7,10-11,13,17H,5-6,8-9H2,1H3. The number of ether oxygens (including phenoxy) is 1. The van der Waals surface area contributed by atoms with E-state index in [4.69, 9.17) is 16.3 Å². The van der Waals surface area contributed by atoms with Crippen molar-refractivity contribution < 1.29 is 4.74 Å². The van der Waals surface area contributed by atoms with Gasteiger partial charge in [-0.3, -0.25) is 0 Å². The van der Waals surface area contributed by atoms with Gasteiger partial charge in [-0.2, -0.15) is 0 Å². The predicted octanol–water partition coefficient (Wildman–Crippen LogP) is 3.36. The number of nitrogens with zero attached hydrogens (tertiary/aromatic N) is 1. The minimum Gasteiger partial charge on any atom is -0.383 e. The first-order chi connectivity index (χ1) is 9.79. The van der Waals surface area contributed by atoms with Gasteiger partial charge in [0.15, 0.2) is 0 Å². The van der Waals surface area contributed by atoms with Crippen molar-refractivity contribution in [2.75, 3.05) is 26.8 Å². The molecule has 0 bridgehead atoms. The van der Waals surface area contributed by atoms with Crippen molar-refractivity contribution in [1.82, 2.24) is 10.3 Å². The van der Waals surface area contributed by atoms with E-state index >= 15 is 0 Å². The summed E-state index contributed by atoms with van der Waals surface area (Å²) in [5.41, 5.74) is 4.26. The second-order valence-electron chi connectivity index (χ2n) is 4.63. The van der Waals surface area contributed by atoms with Gasteiger partial charge in [-0.1, -0.05) is 23.7 Å². The summed E-state index contributed by atoms with van der Waals surface area (Å²) in [6.07, 6.45) is 0.920. The Kier molecular flexibility index (Phi) is 6.47. The van der Waals surface area contributed by atoms with E-state index in [1.54, 1.807) is 18.4 Å². The Morgan fingerprint density at radius 1 is 1.45 bits per heavy atom. The highest BCUT2D eigenvalue weighted by Gasteiger charge is 2.13. The van der Waals surface area contributed by atoms with E-state index in [1.807, 2.05) is 23.7 Å². The third kappa shape index (κ3) is 4.87. The lowest BCUT2D eigenvalue weighted by atomic mass is 9.94. The molecule has 20 heavy (non-hydrogen) atoms. The van der Waals surface area contributed by atoms with Crippen LogP contribution in [0.5, 0.6) is 0 Å². The first-order valence-corrected chi connectivity index (χ1v) is 7.94. The summed E-state index contributed by atoms with van der Waals surface area (Å²) in [6, 6.07) is 8.07. The Morgan fingerprint density at radius 3 is 3.05 bits per heavy atom. The van der Waals surface area contributed by atoms with Gasteiger partial charge in [-0.15, -0.1) is 11.3 Å². The first-order valence-electron chi connectivity index (χ1n) is 6.61. The molecule has 2 rings (SSSR count). The van der Waals surface area contributed by atoms with Crippen molar-refractivity contribution in [1.29, 1.82) is 0 Å². The molecule has 0 aliphatic carbocycles. The second-order valence-corrected chi connectivity index (χ2v) is 5.79. The van der Waals surface area contributed by atoms with Crippen molar-refractivity contribution in [3.8, 4) is 0 Å². The average Bonchev–Trinajstić information content (AvgIpc) is 2.95. The Labute approximate surface area is 129 Å². The van der Waals surface area contributed by atoms with Gasteiger partial charge < -0.3 is 10.1 Å². The van der Waals surface area contributed by atoms with E-state index in [-0.39, 0.29) is 0 Å². The molecule has 0 spiro atoms. The molecule has 108 valence electrons. The smallest absolute Gasteiger partial charge is 0.0794 e. The van der Waals surface area contributed by atoms with Crippen molar-refractivity contribution >= 4 is 22.9 Å². The van der Waals surface area contributed by atoms with Gasteiger partial charge in [-0.25, -0.2) is 4.98 Å². The van der Waals surface area contributed by atoms with Gasteiger partial charge in [0.25, 0.3) is 0 Å². The molecule has 0 radical (unpaired) electrons. The zero-order chi connectivity index (χ0) is 14.2. The highest BCUT2D eigenvalue weighted by Crippen LogP contribution is 2.23. The molecule has 1 N–H and O–H groups in total. The molecule has 0 aliphatic heterocycles. The molecule has 1 unspecified atom stereocenters. The van der Waals surface area contributed by atoms with Crippen molar-refractivity contribution in [3.63, 3.8) is 0 Å². The van der Waals surface area contributed by atoms with Crippen molar-refractivity contribution in [2.24, 2.45) is 0 Å². The number of rotatable bonds is 8. The van der Waals surface area contributed by atoms with Crippen LogP contribution in [0.25, 0.3) is 0 Å². The lowest BCUT2D eigenvalue weighted by Crippen LogP contribution is -2.26. The monoisotopic (exact) mass is 310 g/mol. The molecule has 1 aromatic carbocycles. The molecule has 3 nitrogen and oxygen atoms in total. The van der Waals surface area contributed by atoms with Crippen LogP contribution in [0, 0.1) is 0 Å². The molecular weight excluding hydrogens is 292 g/mol. The van der Waals surface area contributed by atoms with E-state index in [1.165, 1.54) is 5.56 Å².